The Hall–Kier alpha value is -0.180. The molecule has 2 aliphatic rings. The van der Waals surface area contributed by atoms with E-state index in [1.165, 1.54) is 25.7 Å². The Morgan fingerprint density at radius 1 is 1.25 bits per heavy atom. The summed E-state index contributed by atoms with van der Waals surface area (Å²) in [6, 6.07) is 0. The lowest BCUT2D eigenvalue weighted by Gasteiger charge is -2.34. The fourth-order valence-corrected chi connectivity index (χ4v) is 4.38. The highest BCUT2D eigenvalue weighted by molar-refractivity contribution is 7.80. The van der Waals surface area contributed by atoms with E-state index in [-0.39, 0.29) is 0 Å². The summed E-state index contributed by atoms with van der Waals surface area (Å²) < 4.78 is 0. The molecule has 0 aromatic carbocycles. The van der Waals surface area contributed by atoms with Crippen molar-refractivity contribution >= 4 is 18.5 Å². The molecule has 1 unspecified atom stereocenters. The summed E-state index contributed by atoms with van der Waals surface area (Å²) in [4.78, 5) is 14.6. The van der Waals surface area contributed by atoms with Crippen LogP contribution in [0.1, 0.15) is 65.7 Å². The molecule has 0 N–H and O–H groups in total. The quantitative estimate of drug-likeness (QED) is 0.776. The predicted octanol–water partition coefficient (Wildman–Crippen LogP) is 4.15. The second-order valence-corrected chi connectivity index (χ2v) is 8.39. The molecule has 1 saturated carbocycles. The molecular formula is C17H31NOS. The minimum absolute atomic E-state index is 0.306. The zero-order valence-electron chi connectivity index (χ0n) is 13.5. The molecule has 2 rings (SSSR count). The number of hydrogen-bond acceptors (Lipinski definition) is 2. The monoisotopic (exact) mass is 297 g/mol. The lowest BCUT2D eigenvalue weighted by Crippen LogP contribution is -2.41. The topological polar surface area (TPSA) is 20.3 Å². The maximum atomic E-state index is 12.4. The van der Waals surface area contributed by atoms with E-state index in [0.717, 1.165) is 38.1 Å². The molecule has 2 fully saturated rings. The van der Waals surface area contributed by atoms with E-state index in [2.05, 4.69) is 38.3 Å². The maximum absolute atomic E-state index is 12.4. The van der Waals surface area contributed by atoms with Crippen molar-refractivity contribution < 1.29 is 4.79 Å². The minimum atomic E-state index is 0.306. The van der Waals surface area contributed by atoms with Crippen molar-refractivity contribution in [2.75, 3.05) is 18.8 Å². The molecule has 3 heteroatoms. The van der Waals surface area contributed by atoms with Gasteiger partial charge in [0.2, 0.25) is 5.91 Å². The van der Waals surface area contributed by atoms with E-state index >= 15 is 0 Å². The fourth-order valence-electron chi connectivity index (χ4n) is 3.97. The minimum Gasteiger partial charge on any atom is -0.342 e. The molecule has 116 valence electrons. The SMILES string of the molecule is CC(C)(C)C1CCC(=O)N(CC2(CS)CCCC2)CC1. The summed E-state index contributed by atoms with van der Waals surface area (Å²) in [5, 5.41) is 0. The van der Waals surface area contributed by atoms with Crippen LogP contribution in [0.5, 0.6) is 0 Å². The average molecular weight is 298 g/mol. The summed E-state index contributed by atoms with van der Waals surface area (Å²) in [6.45, 7) is 8.83. The molecular weight excluding hydrogens is 266 g/mol. The van der Waals surface area contributed by atoms with E-state index in [4.69, 9.17) is 0 Å². The molecule has 0 radical (unpaired) electrons. The van der Waals surface area contributed by atoms with Crippen LogP contribution in [0.2, 0.25) is 0 Å². The van der Waals surface area contributed by atoms with Gasteiger partial charge >= 0.3 is 0 Å². The third-order valence-electron chi connectivity index (χ3n) is 5.56. The van der Waals surface area contributed by atoms with Crippen molar-refractivity contribution in [3.63, 3.8) is 0 Å². The average Bonchev–Trinajstić information content (AvgIpc) is 2.76. The Bertz CT molecular complexity index is 341. The van der Waals surface area contributed by atoms with Crippen LogP contribution >= 0.6 is 12.6 Å². The third kappa shape index (κ3) is 3.72. The number of likely N-dealkylation sites (tertiary alicyclic amines) is 1. The van der Waals surface area contributed by atoms with Crippen molar-refractivity contribution in [2.45, 2.75) is 65.7 Å². The molecule has 1 atom stereocenters. The van der Waals surface area contributed by atoms with Crippen LogP contribution in [0, 0.1) is 16.7 Å². The van der Waals surface area contributed by atoms with Gasteiger partial charge < -0.3 is 4.90 Å². The Kier molecular flexibility index (Phi) is 5.09. The normalized spacial score (nSPS) is 27.7. The molecule has 1 aliphatic heterocycles. The second kappa shape index (κ2) is 6.29. The highest BCUT2D eigenvalue weighted by atomic mass is 32.1. The van der Waals surface area contributed by atoms with Gasteiger partial charge in [0.25, 0.3) is 0 Å². The molecule has 0 aromatic heterocycles. The van der Waals surface area contributed by atoms with Crippen molar-refractivity contribution in [3.8, 4) is 0 Å². The largest absolute Gasteiger partial charge is 0.342 e. The molecule has 0 aromatic rings. The number of rotatable bonds is 3. The third-order valence-corrected chi connectivity index (χ3v) is 6.23. The number of nitrogens with zero attached hydrogens (tertiary/aromatic N) is 1. The van der Waals surface area contributed by atoms with E-state index in [1.807, 2.05) is 0 Å². The lowest BCUT2D eigenvalue weighted by molar-refractivity contribution is -0.132. The smallest absolute Gasteiger partial charge is 0.222 e. The van der Waals surface area contributed by atoms with Crippen LogP contribution in [-0.4, -0.2) is 29.6 Å². The first-order valence-electron chi connectivity index (χ1n) is 8.25. The van der Waals surface area contributed by atoms with Gasteiger partial charge in [-0.05, 0) is 48.2 Å². The van der Waals surface area contributed by atoms with Gasteiger partial charge in [0.1, 0.15) is 0 Å². The van der Waals surface area contributed by atoms with Crippen molar-refractivity contribution in [3.05, 3.63) is 0 Å². The Morgan fingerprint density at radius 3 is 2.45 bits per heavy atom. The van der Waals surface area contributed by atoms with E-state index < -0.39 is 0 Å². The molecule has 1 amide bonds. The highest BCUT2D eigenvalue weighted by Crippen LogP contribution is 2.41. The van der Waals surface area contributed by atoms with Gasteiger partial charge in [-0.15, -0.1) is 0 Å². The Labute approximate surface area is 130 Å². The van der Waals surface area contributed by atoms with Gasteiger partial charge in [0.05, 0.1) is 0 Å². The van der Waals surface area contributed by atoms with Crippen LogP contribution in [0.25, 0.3) is 0 Å². The number of carbonyl (C=O) groups excluding carboxylic acids is 1. The molecule has 2 nitrogen and oxygen atoms in total. The number of hydrogen-bond donors (Lipinski definition) is 1. The summed E-state index contributed by atoms with van der Waals surface area (Å²) in [7, 11) is 0. The second-order valence-electron chi connectivity index (χ2n) is 8.07. The molecule has 1 saturated heterocycles. The van der Waals surface area contributed by atoms with E-state index in [9.17, 15) is 4.79 Å². The lowest BCUT2D eigenvalue weighted by atomic mass is 9.76. The predicted molar refractivity (Wildman–Crippen MR) is 88.1 cm³/mol. The molecule has 20 heavy (non-hydrogen) atoms. The van der Waals surface area contributed by atoms with Gasteiger partial charge in [0, 0.05) is 19.5 Å². The fraction of sp³-hybridized carbons (Fsp3) is 0.941. The number of thiol groups is 1. The summed E-state index contributed by atoms with van der Waals surface area (Å²) >= 11 is 4.58. The molecule has 1 aliphatic carbocycles. The van der Waals surface area contributed by atoms with Gasteiger partial charge in [-0.25, -0.2) is 0 Å². The van der Waals surface area contributed by atoms with Crippen LogP contribution in [0.4, 0.5) is 0 Å². The van der Waals surface area contributed by atoms with Gasteiger partial charge in [-0.2, -0.15) is 12.6 Å². The van der Waals surface area contributed by atoms with E-state index in [1.54, 1.807) is 0 Å². The standard InChI is InChI=1S/C17H31NOS/c1-16(2,3)14-6-7-15(19)18(11-8-14)12-17(13-20)9-4-5-10-17/h14,20H,4-13H2,1-3H3. The van der Waals surface area contributed by atoms with Crippen LogP contribution in [-0.2, 0) is 4.79 Å². The van der Waals surface area contributed by atoms with E-state index in [0.29, 0.717) is 22.7 Å². The summed E-state index contributed by atoms with van der Waals surface area (Å²) in [6.07, 6.45) is 8.10. The van der Waals surface area contributed by atoms with Crippen LogP contribution in [0.3, 0.4) is 0 Å². The molecule has 0 bridgehead atoms. The zero-order valence-corrected chi connectivity index (χ0v) is 14.3. The first-order chi connectivity index (χ1) is 9.36. The highest BCUT2D eigenvalue weighted by Gasteiger charge is 2.37. The Balaban J connectivity index is 2.00. The maximum Gasteiger partial charge on any atom is 0.222 e. The van der Waals surface area contributed by atoms with Crippen LogP contribution < -0.4 is 0 Å². The number of carbonyl (C=O) groups is 1. The summed E-state index contributed by atoms with van der Waals surface area (Å²) in [5.74, 6) is 1.98. The molecule has 0 spiro atoms. The number of amides is 1. The van der Waals surface area contributed by atoms with Crippen molar-refractivity contribution in [1.29, 1.82) is 0 Å². The van der Waals surface area contributed by atoms with Crippen molar-refractivity contribution in [2.24, 2.45) is 16.7 Å². The Morgan fingerprint density at radius 2 is 1.90 bits per heavy atom. The first kappa shape index (κ1) is 16.2. The van der Waals surface area contributed by atoms with Gasteiger partial charge in [-0.1, -0.05) is 33.6 Å². The zero-order chi connectivity index (χ0) is 14.8. The summed E-state index contributed by atoms with van der Waals surface area (Å²) in [5.41, 5.74) is 0.630. The van der Waals surface area contributed by atoms with Gasteiger partial charge in [-0.3, -0.25) is 4.79 Å². The van der Waals surface area contributed by atoms with Crippen LogP contribution in [0.15, 0.2) is 0 Å². The molecule has 1 heterocycles. The first-order valence-corrected chi connectivity index (χ1v) is 8.88. The van der Waals surface area contributed by atoms with Gasteiger partial charge in [0.15, 0.2) is 0 Å². The van der Waals surface area contributed by atoms with Crippen molar-refractivity contribution in [1.82, 2.24) is 4.90 Å².